The fraction of sp³-hybridized carbons (Fsp3) is 0.250. The second-order valence-corrected chi connectivity index (χ2v) is 4.41. The number of benzene rings is 1. The Morgan fingerprint density at radius 2 is 1.92 bits per heavy atom. The van der Waals surface area contributed by atoms with Gasteiger partial charge in [0.15, 0.2) is 0 Å². The van der Waals surface area contributed by atoms with Crippen molar-refractivity contribution in [3.05, 3.63) is 35.4 Å². The first-order valence-corrected chi connectivity index (χ1v) is 4.61. The molecule has 0 fully saturated rings. The Hall–Kier alpha value is 0.0500. The number of rotatable bonds is 0. The highest BCUT2D eigenvalue weighted by atomic mass is 35.5. The third-order valence-electron chi connectivity index (χ3n) is 1.96. The lowest BCUT2D eigenvalue weighted by atomic mass is 10.1. The van der Waals surface area contributed by atoms with E-state index < -0.39 is 4.46 Å². The maximum atomic E-state index is 6.01. The summed E-state index contributed by atoms with van der Waals surface area (Å²) in [5.74, 6) is 0. The van der Waals surface area contributed by atoms with Crippen LogP contribution in [0.3, 0.4) is 0 Å². The quantitative estimate of drug-likeness (QED) is 0.370. The van der Waals surface area contributed by atoms with E-state index >= 15 is 0 Å². The van der Waals surface area contributed by atoms with Crippen LogP contribution >= 0.6 is 35.0 Å². The molecule has 0 bridgehead atoms. The Bertz CT molecular complexity index is 311. The van der Waals surface area contributed by atoms with Gasteiger partial charge in [-0.05, 0) is 17.3 Å². The standard InChI is InChI=1S/C8H6Cl3N/c9-8(10)7-4-2-1-3-6(7)5-12(8)11/h1-4H,5H2. The zero-order valence-corrected chi connectivity index (χ0v) is 8.37. The first-order chi connectivity index (χ1) is 5.62. The van der Waals surface area contributed by atoms with Crippen LogP contribution in [0.1, 0.15) is 11.1 Å². The van der Waals surface area contributed by atoms with Gasteiger partial charge in [0.1, 0.15) is 0 Å². The summed E-state index contributed by atoms with van der Waals surface area (Å²) in [4.78, 5) is 0. The molecule has 0 radical (unpaired) electrons. The van der Waals surface area contributed by atoms with Crippen molar-refractivity contribution in [2.24, 2.45) is 0 Å². The topological polar surface area (TPSA) is 3.24 Å². The van der Waals surface area contributed by atoms with Crippen LogP contribution in [0, 0.1) is 0 Å². The van der Waals surface area contributed by atoms with Crippen molar-refractivity contribution in [2.75, 3.05) is 0 Å². The van der Waals surface area contributed by atoms with Crippen LogP contribution in [0.2, 0.25) is 0 Å². The van der Waals surface area contributed by atoms with Crippen LogP contribution in [0.5, 0.6) is 0 Å². The van der Waals surface area contributed by atoms with E-state index in [0.29, 0.717) is 6.54 Å². The number of halogens is 3. The van der Waals surface area contributed by atoms with Gasteiger partial charge < -0.3 is 0 Å². The van der Waals surface area contributed by atoms with E-state index in [1.165, 1.54) is 4.42 Å². The van der Waals surface area contributed by atoms with Gasteiger partial charge in [-0.25, -0.2) is 0 Å². The van der Waals surface area contributed by atoms with E-state index in [1.807, 2.05) is 24.3 Å². The van der Waals surface area contributed by atoms with Crippen LogP contribution in [0.25, 0.3) is 0 Å². The zero-order valence-electron chi connectivity index (χ0n) is 6.10. The minimum absolute atomic E-state index is 0.588. The van der Waals surface area contributed by atoms with Crippen molar-refractivity contribution in [3.63, 3.8) is 0 Å². The van der Waals surface area contributed by atoms with Gasteiger partial charge in [-0.3, -0.25) is 0 Å². The lowest BCUT2D eigenvalue weighted by molar-refractivity contribution is 0.430. The molecule has 12 heavy (non-hydrogen) atoms. The van der Waals surface area contributed by atoms with Gasteiger partial charge in [-0.2, -0.15) is 4.42 Å². The molecule has 0 saturated carbocycles. The van der Waals surface area contributed by atoms with Gasteiger partial charge in [-0.1, -0.05) is 47.5 Å². The molecule has 1 aromatic carbocycles. The third kappa shape index (κ3) is 1.12. The fourth-order valence-corrected chi connectivity index (χ4v) is 2.04. The minimum atomic E-state index is -1.07. The molecule has 0 aromatic heterocycles. The molecule has 0 aliphatic carbocycles. The van der Waals surface area contributed by atoms with Crippen molar-refractivity contribution < 1.29 is 0 Å². The second-order valence-electron chi connectivity index (χ2n) is 2.72. The molecule has 0 saturated heterocycles. The zero-order chi connectivity index (χ0) is 8.77. The summed E-state index contributed by atoms with van der Waals surface area (Å²) in [7, 11) is 0. The van der Waals surface area contributed by atoms with E-state index in [4.69, 9.17) is 35.0 Å². The molecule has 1 aromatic rings. The number of nitrogens with zero attached hydrogens (tertiary/aromatic N) is 1. The van der Waals surface area contributed by atoms with Gasteiger partial charge in [-0.15, -0.1) is 0 Å². The van der Waals surface area contributed by atoms with Crippen LogP contribution in [0.4, 0.5) is 0 Å². The highest BCUT2D eigenvalue weighted by Gasteiger charge is 2.41. The Kier molecular flexibility index (Phi) is 2.00. The summed E-state index contributed by atoms with van der Waals surface area (Å²) in [6, 6.07) is 7.70. The lowest BCUT2D eigenvalue weighted by Crippen LogP contribution is -2.21. The molecule has 0 unspecified atom stereocenters. The maximum Gasteiger partial charge on any atom is 0.210 e. The Morgan fingerprint density at radius 1 is 1.25 bits per heavy atom. The SMILES string of the molecule is ClN1Cc2ccccc2C1(Cl)Cl. The molecule has 64 valence electrons. The predicted molar refractivity (Wildman–Crippen MR) is 51.2 cm³/mol. The van der Waals surface area contributed by atoms with Gasteiger partial charge in [0.25, 0.3) is 0 Å². The fourth-order valence-electron chi connectivity index (χ4n) is 1.33. The Labute approximate surface area is 85.9 Å². The largest absolute Gasteiger partial charge is 0.210 e. The minimum Gasteiger partial charge on any atom is -0.178 e. The summed E-state index contributed by atoms with van der Waals surface area (Å²) in [5.41, 5.74) is 1.96. The normalized spacial score (nSPS) is 20.9. The summed E-state index contributed by atoms with van der Waals surface area (Å²) < 4.78 is 0.318. The highest BCUT2D eigenvalue weighted by Crippen LogP contribution is 2.46. The van der Waals surface area contributed by atoms with E-state index in [1.54, 1.807) is 0 Å². The molecular formula is C8H6Cl3N. The molecule has 1 aliphatic heterocycles. The second kappa shape index (κ2) is 2.78. The third-order valence-corrected chi connectivity index (χ3v) is 3.32. The average Bonchev–Trinajstić information content (AvgIpc) is 2.25. The molecule has 2 rings (SSSR count). The molecule has 1 nitrogen and oxygen atoms in total. The van der Waals surface area contributed by atoms with Crippen molar-refractivity contribution >= 4 is 35.0 Å². The number of hydrogen-bond acceptors (Lipinski definition) is 1. The van der Waals surface area contributed by atoms with Crippen molar-refractivity contribution in [1.82, 2.24) is 4.42 Å². The van der Waals surface area contributed by atoms with Crippen molar-refractivity contribution in [3.8, 4) is 0 Å². The smallest absolute Gasteiger partial charge is 0.178 e. The predicted octanol–water partition coefficient (Wildman–Crippen LogP) is 3.24. The molecule has 1 aliphatic rings. The highest BCUT2D eigenvalue weighted by molar-refractivity contribution is 6.49. The number of alkyl halides is 2. The molecule has 0 spiro atoms. The van der Waals surface area contributed by atoms with Crippen LogP contribution in [0.15, 0.2) is 24.3 Å². The number of fused-ring (bicyclic) bond motifs is 1. The van der Waals surface area contributed by atoms with Crippen molar-refractivity contribution in [2.45, 2.75) is 11.0 Å². The van der Waals surface area contributed by atoms with E-state index in [2.05, 4.69) is 0 Å². The van der Waals surface area contributed by atoms with Crippen molar-refractivity contribution in [1.29, 1.82) is 0 Å². The van der Waals surface area contributed by atoms with Gasteiger partial charge >= 0.3 is 0 Å². The summed E-state index contributed by atoms with van der Waals surface area (Å²) >= 11 is 17.9. The Morgan fingerprint density at radius 3 is 2.58 bits per heavy atom. The van der Waals surface area contributed by atoms with Gasteiger partial charge in [0.05, 0.1) is 0 Å². The summed E-state index contributed by atoms with van der Waals surface area (Å²) in [6.45, 7) is 0.588. The lowest BCUT2D eigenvalue weighted by Gasteiger charge is -2.19. The van der Waals surface area contributed by atoms with Crippen LogP contribution < -0.4 is 0 Å². The molecule has 0 N–H and O–H groups in total. The van der Waals surface area contributed by atoms with E-state index in [9.17, 15) is 0 Å². The molecular weight excluding hydrogens is 216 g/mol. The van der Waals surface area contributed by atoms with Crippen LogP contribution in [-0.2, 0) is 11.0 Å². The monoisotopic (exact) mass is 221 g/mol. The molecule has 0 amide bonds. The molecule has 0 atom stereocenters. The summed E-state index contributed by atoms with van der Waals surface area (Å²) in [5, 5.41) is 0. The first-order valence-electron chi connectivity index (χ1n) is 3.52. The molecule has 4 heteroatoms. The molecule has 1 heterocycles. The van der Waals surface area contributed by atoms with E-state index in [-0.39, 0.29) is 0 Å². The van der Waals surface area contributed by atoms with Gasteiger partial charge in [0, 0.05) is 12.1 Å². The average molecular weight is 223 g/mol. The van der Waals surface area contributed by atoms with Crippen LogP contribution in [-0.4, -0.2) is 4.42 Å². The van der Waals surface area contributed by atoms with Gasteiger partial charge in [0.2, 0.25) is 4.46 Å². The number of hydrogen-bond donors (Lipinski definition) is 0. The van der Waals surface area contributed by atoms with E-state index in [0.717, 1.165) is 11.1 Å². The summed E-state index contributed by atoms with van der Waals surface area (Å²) in [6.07, 6.45) is 0. The Balaban J connectivity index is 2.55. The maximum absolute atomic E-state index is 6.01. The first kappa shape index (κ1) is 8.64.